The highest BCUT2D eigenvalue weighted by Gasteiger charge is 2.14. The quantitative estimate of drug-likeness (QED) is 0.790. The summed E-state index contributed by atoms with van der Waals surface area (Å²) in [6, 6.07) is 14.8. The van der Waals surface area contributed by atoms with Crippen molar-refractivity contribution in [2.45, 2.75) is 12.8 Å². The fourth-order valence-corrected chi connectivity index (χ4v) is 2.30. The summed E-state index contributed by atoms with van der Waals surface area (Å²) in [5.74, 6) is -1.08. The van der Waals surface area contributed by atoms with E-state index in [-0.39, 0.29) is 5.92 Å². The van der Waals surface area contributed by atoms with E-state index in [0.29, 0.717) is 15.6 Å². The van der Waals surface area contributed by atoms with E-state index in [1.807, 2.05) is 24.3 Å². The van der Waals surface area contributed by atoms with E-state index in [9.17, 15) is 4.79 Å². The van der Waals surface area contributed by atoms with Crippen molar-refractivity contribution in [3.8, 4) is 0 Å². The van der Waals surface area contributed by atoms with E-state index in [1.54, 1.807) is 37.3 Å². The molecule has 0 atom stereocenters. The van der Waals surface area contributed by atoms with Crippen LogP contribution in [0.5, 0.6) is 0 Å². The van der Waals surface area contributed by atoms with E-state index in [2.05, 4.69) is 0 Å². The molecular weight excluding hydrogens is 307 g/mol. The average Bonchev–Trinajstić information content (AvgIpc) is 2.46. The Kier molecular flexibility index (Phi) is 5.05. The monoisotopic (exact) mass is 320 g/mol. The Morgan fingerprint density at radius 3 is 1.67 bits per heavy atom. The summed E-state index contributed by atoms with van der Waals surface area (Å²) in [6.07, 6.45) is 1.73. The standard InChI is InChI=1S/C17H14Cl2O2/c1-11(17(20)21)10-16(12-2-6-14(18)7-3-12)13-4-8-15(19)9-5-13/h2-10,16H,1H3,(H,20,21). The number of rotatable bonds is 4. The number of carboxylic acids is 1. The van der Waals surface area contributed by atoms with Crippen molar-refractivity contribution in [2.24, 2.45) is 0 Å². The predicted molar refractivity (Wildman–Crippen MR) is 86.1 cm³/mol. The van der Waals surface area contributed by atoms with E-state index < -0.39 is 5.97 Å². The molecule has 4 heteroatoms. The third-order valence-corrected chi connectivity index (χ3v) is 3.72. The van der Waals surface area contributed by atoms with Gasteiger partial charge in [-0.15, -0.1) is 0 Å². The van der Waals surface area contributed by atoms with Crippen LogP contribution in [0, 0.1) is 0 Å². The summed E-state index contributed by atoms with van der Waals surface area (Å²) in [7, 11) is 0. The SMILES string of the molecule is CC(=CC(c1ccc(Cl)cc1)c1ccc(Cl)cc1)C(=O)O. The van der Waals surface area contributed by atoms with Gasteiger partial charge in [0.15, 0.2) is 0 Å². The number of allylic oxidation sites excluding steroid dienone is 1. The van der Waals surface area contributed by atoms with Gasteiger partial charge < -0.3 is 5.11 Å². The van der Waals surface area contributed by atoms with Crippen LogP contribution in [0.25, 0.3) is 0 Å². The molecule has 0 radical (unpaired) electrons. The van der Waals surface area contributed by atoms with Crippen molar-refractivity contribution in [1.82, 2.24) is 0 Å². The molecular formula is C17H14Cl2O2. The maximum atomic E-state index is 11.1. The molecule has 0 spiro atoms. The molecule has 0 aliphatic carbocycles. The van der Waals surface area contributed by atoms with Crippen LogP contribution in [0.3, 0.4) is 0 Å². The Balaban J connectivity index is 2.48. The number of halogens is 2. The van der Waals surface area contributed by atoms with Crippen molar-refractivity contribution in [3.05, 3.63) is 81.4 Å². The first-order valence-electron chi connectivity index (χ1n) is 6.40. The molecule has 0 saturated heterocycles. The molecule has 0 fully saturated rings. The fraction of sp³-hybridized carbons (Fsp3) is 0.118. The van der Waals surface area contributed by atoms with Crippen molar-refractivity contribution < 1.29 is 9.90 Å². The summed E-state index contributed by atoms with van der Waals surface area (Å²) in [5, 5.41) is 10.4. The van der Waals surface area contributed by atoms with Crippen molar-refractivity contribution in [1.29, 1.82) is 0 Å². The average molecular weight is 321 g/mol. The highest BCUT2D eigenvalue weighted by atomic mass is 35.5. The van der Waals surface area contributed by atoms with Crippen LogP contribution in [0.1, 0.15) is 24.0 Å². The molecule has 1 N–H and O–H groups in total. The molecule has 0 amide bonds. The van der Waals surface area contributed by atoms with Gasteiger partial charge in [0.2, 0.25) is 0 Å². The topological polar surface area (TPSA) is 37.3 Å². The Hall–Kier alpha value is -1.77. The molecule has 0 heterocycles. The number of hydrogen-bond donors (Lipinski definition) is 1. The Morgan fingerprint density at radius 1 is 0.952 bits per heavy atom. The number of hydrogen-bond acceptors (Lipinski definition) is 1. The van der Waals surface area contributed by atoms with Crippen LogP contribution in [0.4, 0.5) is 0 Å². The summed E-state index contributed by atoms with van der Waals surface area (Å²) in [6.45, 7) is 1.58. The third-order valence-electron chi connectivity index (χ3n) is 3.21. The molecule has 0 saturated carbocycles. The maximum Gasteiger partial charge on any atom is 0.330 e. The molecule has 2 rings (SSSR count). The fourth-order valence-electron chi connectivity index (χ4n) is 2.05. The summed E-state index contributed by atoms with van der Waals surface area (Å²) >= 11 is 11.8. The molecule has 0 aliphatic rings. The summed E-state index contributed by atoms with van der Waals surface area (Å²) < 4.78 is 0. The van der Waals surface area contributed by atoms with Crippen LogP contribution < -0.4 is 0 Å². The molecule has 2 nitrogen and oxygen atoms in total. The summed E-state index contributed by atoms with van der Waals surface area (Å²) in [4.78, 5) is 11.1. The smallest absolute Gasteiger partial charge is 0.330 e. The van der Waals surface area contributed by atoms with Crippen molar-refractivity contribution in [2.75, 3.05) is 0 Å². The second kappa shape index (κ2) is 6.79. The molecule has 0 unspecified atom stereocenters. The molecule has 2 aromatic rings. The van der Waals surface area contributed by atoms with E-state index in [0.717, 1.165) is 11.1 Å². The maximum absolute atomic E-state index is 11.1. The molecule has 108 valence electrons. The highest BCUT2D eigenvalue weighted by molar-refractivity contribution is 6.30. The van der Waals surface area contributed by atoms with Gasteiger partial charge in [0.1, 0.15) is 0 Å². The van der Waals surface area contributed by atoms with Crippen molar-refractivity contribution in [3.63, 3.8) is 0 Å². The van der Waals surface area contributed by atoms with Crippen LogP contribution >= 0.6 is 23.2 Å². The van der Waals surface area contributed by atoms with E-state index in [4.69, 9.17) is 28.3 Å². The first-order chi connectivity index (χ1) is 9.97. The van der Waals surface area contributed by atoms with Gasteiger partial charge in [-0.05, 0) is 42.3 Å². The van der Waals surface area contributed by atoms with Gasteiger partial charge in [-0.3, -0.25) is 0 Å². The minimum absolute atomic E-state index is 0.157. The van der Waals surface area contributed by atoms with Gasteiger partial charge in [-0.25, -0.2) is 4.79 Å². The molecule has 0 bridgehead atoms. The number of aliphatic carboxylic acids is 1. The van der Waals surface area contributed by atoms with Crippen LogP contribution in [0.2, 0.25) is 10.0 Å². The lowest BCUT2D eigenvalue weighted by Crippen LogP contribution is -2.03. The van der Waals surface area contributed by atoms with Crippen LogP contribution in [0.15, 0.2) is 60.2 Å². The van der Waals surface area contributed by atoms with Gasteiger partial charge in [0.05, 0.1) is 0 Å². The van der Waals surface area contributed by atoms with Gasteiger partial charge in [0.25, 0.3) is 0 Å². The largest absolute Gasteiger partial charge is 0.478 e. The van der Waals surface area contributed by atoms with E-state index in [1.165, 1.54) is 0 Å². The Morgan fingerprint density at radius 2 is 1.33 bits per heavy atom. The molecule has 0 aromatic heterocycles. The normalized spacial score (nSPS) is 11.7. The summed E-state index contributed by atoms with van der Waals surface area (Å²) in [5.41, 5.74) is 2.24. The number of carbonyl (C=O) groups is 1. The lowest BCUT2D eigenvalue weighted by molar-refractivity contribution is -0.132. The minimum atomic E-state index is -0.928. The lowest BCUT2D eigenvalue weighted by atomic mass is 9.89. The first kappa shape index (κ1) is 15.6. The van der Waals surface area contributed by atoms with Crippen LogP contribution in [-0.2, 0) is 4.79 Å². The molecule has 0 aliphatic heterocycles. The van der Waals surface area contributed by atoms with Gasteiger partial charge in [-0.1, -0.05) is 53.5 Å². The molecule has 2 aromatic carbocycles. The third kappa shape index (κ3) is 4.10. The molecule has 21 heavy (non-hydrogen) atoms. The number of benzene rings is 2. The lowest BCUT2D eigenvalue weighted by Gasteiger charge is -2.15. The second-order valence-electron chi connectivity index (χ2n) is 4.74. The zero-order valence-electron chi connectivity index (χ0n) is 11.4. The van der Waals surface area contributed by atoms with E-state index >= 15 is 0 Å². The second-order valence-corrected chi connectivity index (χ2v) is 5.61. The zero-order chi connectivity index (χ0) is 15.4. The van der Waals surface area contributed by atoms with Crippen molar-refractivity contribution >= 4 is 29.2 Å². The number of carboxylic acid groups (broad SMARTS) is 1. The Bertz CT molecular complexity index is 613. The van der Waals surface area contributed by atoms with Gasteiger partial charge in [-0.2, -0.15) is 0 Å². The Labute approximate surface area is 133 Å². The van der Waals surface area contributed by atoms with Crippen LogP contribution in [-0.4, -0.2) is 11.1 Å². The first-order valence-corrected chi connectivity index (χ1v) is 7.15. The minimum Gasteiger partial charge on any atom is -0.478 e. The van der Waals surface area contributed by atoms with Gasteiger partial charge >= 0.3 is 5.97 Å². The highest BCUT2D eigenvalue weighted by Crippen LogP contribution is 2.29. The van der Waals surface area contributed by atoms with Gasteiger partial charge in [0, 0.05) is 21.5 Å². The zero-order valence-corrected chi connectivity index (χ0v) is 12.9. The predicted octanol–water partition coefficient (Wildman–Crippen LogP) is 5.16.